The first-order valence-corrected chi connectivity index (χ1v) is 5.18. The molecule has 0 spiro atoms. The zero-order valence-electron chi connectivity index (χ0n) is 10.3. The molecule has 2 N–H and O–H groups in total. The van der Waals surface area contributed by atoms with Crippen LogP contribution in [0.1, 0.15) is 10.4 Å². The zero-order chi connectivity index (χ0) is 16.4. The number of nitrogens with one attached hydrogen (secondary N) is 1. The van der Waals surface area contributed by atoms with Gasteiger partial charge in [0.15, 0.2) is 0 Å². The Morgan fingerprint density at radius 1 is 1.19 bits per heavy atom. The topological polar surface area (TPSA) is 75.6 Å². The molecule has 0 unspecified atom stereocenters. The quantitative estimate of drug-likeness (QED) is 0.838. The molecule has 10 heteroatoms. The van der Waals surface area contributed by atoms with Crippen molar-refractivity contribution in [2.24, 2.45) is 0 Å². The van der Waals surface area contributed by atoms with Gasteiger partial charge in [0, 0.05) is 0 Å². The highest BCUT2D eigenvalue weighted by Crippen LogP contribution is 2.37. The Bertz CT molecular complexity index is 570. The number of amides is 1. The average molecular weight is 313 g/mol. The predicted molar refractivity (Wildman–Crippen MR) is 59.6 cm³/mol. The predicted octanol–water partition coefficient (Wildman–Crippen LogP) is 2.53. The van der Waals surface area contributed by atoms with Crippen LogP contribution in [-0.4, -0.2) is 36.2 Å². The Morgan fingerprint density at radius 3 is 2.19 bits per heavy atom. The van der Waals surface area contributed by atoms with Gasteiger partial charge in [0.25, 0.3) is 0 Å². The van der Waals surface area contributed by atoms with Crippen molar-refractivity contribution in [1.29, 1.82) is 0 Å². The van der Waals surface area contributed by atoms with Gasteiger partial charge >= 0.3 is 24.0 Å². The smallest absolute Gasteiger partial charge is 0.463 e. The number of carboxylic acid groups (broad SMARTS) is 1. The van der Waals surface area contributed by atoms with E-state index in [0.29, 0.717) is 6.07 Å². The van der Waals surface area contributed by atoms with Crippen LogP contribution in [0, 0.1) is 0 Å². The minimum Gasteiger partial charge on any atom is -0.495 e. The molecule has 0 aliphatic rings. The van der Waals surface area contributed by atoms with Crippen LogP contribution in [0.2, 0.25) is 0 Å². The molecule has 0 radical (unpaired) electrons. The number of hydrogen-bond acceptors (Lipinski definition) is 3. The molecule has 0 saturated carbocycles. The van der Waals surface area contributed by atoms with Crippen molar-refractivity contribution >= 4 is 17.6 Å². The highest BCUT2D eigenvalue weighted by Gasteiger charge is 2.63. The number of carbonyl (C=O) groups excluding carboxylic acids is 1. The summed E-state index contributed by atoms with van der Waals surface area (Å²) in [5.74, 6) is -10.0. The lowest BCUT2D eigenvalue weighted by atomic mass is 10.1. The first-order chi connectivity index (χ1) is 9.50. The molecule has 1 amide bonds. The summed E-state index contributed by atoms with van der Waals surface area (Å²) in [5.41, 5.74) is -1.05. The van der Waals surface area contributed by atoms with Crippen molar-refractivity contribution < 1.29 is 41.4 Å². The average Bonchev–Trinajstić information content (AvgIpc) is 2.37. The number of benzene rings is 1. The number of carboxylic acids is 1. The fourth-order valence-corrected chi connectivity index (χ4v) is 1.27. The van der Waals surface area contributed by atoms with Crippen molar-refractivity contribution in [2.45, 2.75) is 12.1 Å². The molecule has 0 saturated heterocycles. The summed E-state index contributed by atoms with van der Waals surface area (Å²) in [5, 5.41) is 10.0. The van der Waals surface area contributed by atoms with Gasteiger partial charge in [-0.15, -0.1) is 0 Å². The van der Waals surface area contributed by atoms with Crippen LogP contribution in [0.3, 0.4) is 0 Å². The van der Waals surface area contributed by atoms with Crippen LogP contribution in [0.4, 0.5) is 27.6 Å². The number of rotatable bonds is 4. The van der Waals surface area contributed by atoms with E-state index in [-0.39, 0.29) is 5.75 Å². The molecular weight excluding hydrogens is 305 g/mol. The molecule has 0 aliphatic carbocycles. The summed E-state index contributed by atoms with van der Waals surface area (Å²) in [6.07, 6.45) is -6.07. The fourth-order valence-electron chi connectivity index (χ4n) is 1.27. The van der Waals surface area contributed by atoms with E-state index in [1.165, 1.54) is 5.32 Å². The van der Waals surface area contributed by atoms with Gasteiger partial charge in [-0.25, -0.2) is 4.79 Å². The summed E-state index contributed by atoms with van der Waals surface area (Å²) < 4.78 is 66.4. The maximum Gasteiger partial charge on any atom is 0.463 e. The van der Waals surface area contributed by atoms with E-state index < -0.39 is 35.2 Å². The molecule has 0 bridgehead atoms. The molecular formula is C11H8F5NO4. The van der Waals surface area contributed by atoms with Crippen LogP contribution in [-0.2, 0) is 4.79 Å². The van der Waals surface area contributed by atoms with E-state index >= 15 is 0 Å². The third-order valence-electron chi connectivity index (χ3n) is 2.34. The molecule has 1 rings (SSSR count). The highest BCUT2D eigenvalue weighted by atomic mass is 19.4. The summed E-state index contributed by atoms with van der Waals surface area (Å²) in [6, 6.07) is 2.73. The van der Waals surface area contributed by atoms with E-state index in [2.05, 4.69) is 4.74 Å². The number of ether oxygens (including phenoxy) is 1. The summed E-state index contributed by atoms with van der Waals surface area (Å²) >= 11 is 0. The van der Waals surface area contributed by atoms with Crippen LogP contribution in [0.15, 0.2) is 18.2 Å². The van der Waals surface area contributed by atoms with Crippen molar-refractivity contribution in [3.63, 3.8) is 0 Å². The van der Waals surface area contributed by atoms with Crippen molar-refractivity contribution in [3.8, 4) is 5.75 Å². The van der Waals surface area contributed by atoms with Crippen LogP contribution in [0.5, 0.6) is 5.75 Å². The number of anilines is 1. The van der Waals surface area contributed by atoms with Gasteiger partial charge in [-0.3, -0.25) is 4.79 Å². The number of alkyl halides is 5. The van der Waals surface area contributed by atoms with Gasteiger partial charge in [-0.2, -0.15) is 22.0 Å². The Hall–Kier alpha value is -2.39. The Labute approximate surface area is 114 Å². The molecule has 1 aromatic carbocycles. The zero-order valence-corrected chi connectivity index (χ0v) is 10.3. The Morgan fingerprint density at radius 2 is 1.76 bits per heavy atom. The number of methoxy groups -OCH3 is 1. The van der Waals surface area contributed by atoms with Crippen LogP contribution >= 0.6 is 0 Å². The van der Waals surface area contributed by atoms with Gasteiger partial charge in [-0.1, -0.05) is 0 Å². The molecule has 21 heavy (non-hydrogen) atoms. The van der Waals surface area contributed by atoms with Crippen molar-refractivity contribution in [3.05, 3.63) is 23.8 Å². The number of aromatic carboxylic acids is 1. The third-order valence-corrected chi connectivity index (χ3v) is 2.34. The van der Waals surface area contributed by atoms with Crippen molar-refractivity contribution in [2.75, 3.05) is 12.4 Å². The van der Waals surface area contributed by atoms with Gasteiger partial charge in [0.2, 0.25) is 0 Å². The molecule has 0 heterocycles. The maximum absolute atomic E-state index is 12.8. The normalized spacial score (nSPS) is 11.9. The van der Waals surface area contributed by atoms with E-state index in [4.69, 9.17) is 5.11 Å². The molecule has 0 aliphatic heterocycles. The summed E-state index contributed by atoms with van der Waals surface area (Å²) in [7, 11) is 1.06. The minimum atomic E-state index is -6.07. The lowest BCUT2D eigenvalue weighted by Gasteiger charge is -2.19. The SMILES string of the molecule is COc1ccc(C(=O)O)cc1NC(=O)C(F)(F)C(F)(F)F. The van der Waals surface area contributed by atoms with Crippen molar-refractivity contribution in [1.82, 2.24) is 0 Å². The molecule has 1 aromatic rings. The monoisotopic (exact) mass is 313 g/mol. The largest absolute Gasteiger partial charge is 0.495 e. The molecule has 0 fully saturated rings. The summed E-state index contributed by atoms with van der Waals surface area (Å²) in [4.78, 5) is 21.8. The van der Waals surface area contributed by atoms with E-state index in [9.17, 15) is 31.5 Å². The fraction of sp³-hybridized carbons (Fsp3) is 0.273. The number of carbonyl (C=O) groups is 2. The second-order valence-electron chi connectivity index (χ2n) is 3.75. The van der Waals surface area contributed by atoms with E-state index in [0.717, 1.165) is 19.2 Å². The molecule has 116 valence electrons. The molecule has 5 nitrogen and oxygen atoms in total. The van der Waals surface area contributed by atoms with E-state index in [1.807, 2.05) is 0 Å². The number of halogens is 5. The number of hydrogen-bond donors (Lipinski definition) is 2. The van der Waals surface area contributed by atoms with Gasteiger partial charge < -0.3 is 15.2 Å². The lowest BCUT2D eigenvalue weighted by Crippen LogP contribution is -2.47. The molecule has 0 atom stereocenters. The summed E-state index contributed by atoms with van der Waals surface area (Å²) in [6.45, 7) is 0. The van der Waals surface area contributed by atoms with Crippen LogP contribution < -0.4 is 10.1 Å². The Kier molecular flexibility index (Phi) is 4.40. The third kappa shape index (κ3) is 3.38. The maximum atomic E-state index is 12.8. The second kappa shape index (κ2) is 5.54. The van der Waals surface area contributed by atoms with Gasteiger partial charge in [-0.05, 0) is 18.2 Å². The van der Waals surface area contributed by atoms with Gasteiger partial charge in [0.05, 0.1) is 18.4 Å². The second-order valence-corrected chi connectivity index (χ2v) is 3.75. The molecule has 0 aromatic heterocycles. The van der Waals surface area contributed by atoms with Crippen LogP contribution in [0.25, 0.3) is 0 Å². The first-order valence-electron chi connectivity index (χ1n) is 5.18. The lowest BCUT2D eigenvalue weighted by molar-refractivity contribution is -0.267. The standard InChI is InChI=1S/C11H8F5NO4/c1-21-7-3-2-5(8(18)19)4-6(7)17-9(20)10(12,13)11(14,15)16/h2-4H,1H3,(H,17,20)(H,18,19). The van der Waals surface area contributed by atoms with E-state index in [1.54, 1.807) is 0 Å². The minimum absolute atomic E-state index is 0.272. The van der Waals surface area contributed by atoms with Gasteiger partial charge in [0.1, 0.15) is 5.75 Å². The first kappa shape index (κ1) is 16.7. The highest BCUT2D eigenvalue weighted by molar-refractivity contribution is 5.99. The Balaban J connectivity index is 3.15.